The van der Waals surface area contributed by atoms with E-state index in [1.165, 1.54) is 12.8 Å². The van der Waals surface area contributed by atoms with Crippen molar-refractivity contribution >= 4 is 5.84 Å². The van der Waals surface area contributed by atoms with Gasteiger partial charge in [-0.3, -0.25) is 5.41 Å². The van der Waals surface area contributed by atoms with Gasteiger partial charge in [0.25, 0.3) is 0 Å². The molecule has 0 aromatic heterocycles. The molecule has 1 aliphatic rings. The fourth-order valence-electron chi connectivity index (χ4n) is 1.96. The van der Waals surface area contributed by atoms with Gasteiger partial charge in [-0.2, -0.15) is 0 Å². The van der Waals surface area contributed by atoms with Crippen molar-refractivity contribution in [2.24, 2.45) is 0 Å². The zero-order valence-electron chi connectivity index (χ0n) is 9.60. The summed E-state index contributed by atoms with van der Waals surface area (Å²) in [4.78, 5) is 2.15. The largest absolute Gasteiger partial charge is 0.374 e. The van der Waals surface area contributed by atoms with E-state index in [-0.39, 0.29) is 5.60 Å². The molecule has 0 aromatic rings. The first kappa shape index (κ1) is 11.5. The summed E-state index contributed by atoms with van der Waals surface area (Å²) in [5, 5.41) is 7.83. The van der Waals surface area contributed by atoms with Gasteiger partial charge in [-0.1, -0.05) is 0 Å². The maximum Gasteiger partial charge on any atom is 0.0958 e. The number of ether oxygens (including phenoxy) is 1. The Kier molecular flexibility index (Phi) is 3.93. The summed E-state index contributed by atoms with van der Waals surface area (Å²) < 4.78 is 5.64. The normalized spacial score (nSPS) is 18.8. The lowest BCUT2D eigenvalue weighted by Gasteiger charge is -2.36. The van der Waals surface area contributed by atoms with Crippen molar-refractivity contribution in [1.82, 2.24) is 4.90 Å². The lowest BCUT2D eigenvalue weighted by atomic mass is 10.0. The predicted octanol–water partition coefficient (Wildman–Crippen LogP) is 2.26. The van der Waals surface area contributed by atoms with E-state index in [9.17, 15) is 0 Å². The summed E-state index contributed by atoms with van der Waals surface area (Å²) in [7, 11) is 0. The van der Waals surface area contributed by atoms with Crippen LogP contribution < -0.4 is 0 Å². The van der Waals surface area contributed by atoms with Crippen molar-refractivity contribution in [1.29, 1.82) is 5.41 Å². The van der Waals surface area contributed by atoms with Crippen LogP contribution in [0.1, 0.15) is 40.0 Å². The monoisotopic (exact) mass is 198 g/mol. The molecule has 0 radical (unpaired) electrons. The Morgan fingerprint density at radius 2 is 2.14 bits per heavy atom. The van der Waals surface area contributed by atoms with E-state index in [1.54, 1.807) is 0 Å². The van der Waals surface area contributed by atoms with Crippen molar-refractivity contribution in [2.45, 2.75) is 45.6 Å². The van der Waals surface area contributed by atoms with Crippen LogP contribution in [0.25, 0.3) is 0 Å². The molecule has 0 aliphatic carbocycles. The fraction of sp³-hybridized carbons (Fsp3) is 0.909. The highest BCUT2D eigenvalue weighted by molar-refractivity contribution is 5.79. The maximum atomic E-state index is 7.83. The summed E-state index contributed by atoms with van der Waals surface area (Å²) >= 11 is 0. The van der Waals surface area contributed by atoms with E-state index < -0.39 is 0 Å². The summed E-state index contributed by atoms with van der Waals surface area (Å²) in [6.07, 6.45) is 3.32. The third-order valence-corrected chi connectivity index (χ3v) is 2.58. The molecular weight excluding hydrogens is 176 g/mol. The molecule has 1 heterocycles. The van der Waals surface area contributed by atoms with E-state index in [4.69, 9.17) is 10.1 Å². The summed E-state index contributed by atoms with van der Waals surface area (Å²) in [5.41, 5.74) is -0.127. The van der Waals surface area contributed by atoms with Gasteiger partial charge in [0.15, 0.2) is 0 Å². The quantitative estimate of drug-likeness (QED) is 0.752. The van der Waals surface area contributed by atoms with Crippen LogP contribution in [0.15, 0.2) is 0 Å². The Bertz CT molecular complexity index is 201. The number of amidine groups is 1. The highest BCUT2D eigenvalue weighted by Gasteiger charge is 2.24. The first-order valence-corrected chi connectivity index (χ1v) is 5.51. The molecule has 3 heteroatoms. The van der Waals surface area contributed by atoms with Crippen molar-refractivity contribution < 1.29 is 4.74 Å². The molecular formula is C11H22N2O. The smallest absolute Gasteiger partial charge is 0.0958 e. The van der Waals surface area contributed by atoms with Gasteiger partial charge < -0.3 is 9.64 Å². The Hall–Kier alpha value is -0.570. The van der Waals surface area contributed by atoms with Crippen molar-refractivity contribution in [2.75, 3.05) is 19.7 Å². The Labute approximate surface area is 86.9 Å². The second-order valence-corrected chi connectivity index (χ2v) is 4.52. The van der Waals surface area contributed by atoms with Gasteiger partial charge in [0.2, 0.25) is 0 Å². The molecule has 0 saturated carbocycles. The average molecular weight is 198 g/mol. The van der Waals surface area contributed by atoms with Crippen LogP contribution in [0.5, 0.6) is 0 Å². The molecule has 0 spiro atoms. The van der Waals surface area contributed by atoms with Gasteiger partial charge in [-0.25, -0.2) is 0 Å². The molecule has 0 bridgehead atoms. The first-order valence-electron chi connectivity index (χ1n) is 5.51. The Morgan fingerprint density at radius 1 is 1.43 bits per heavy atom. The number of piperidine rings is 1. The van der Waals surface area contributed by atoms with Crippen LogP contribution in [0.4, 0.5) is 0 Å². The van der Waals surface area contributed by atoms with Crippen LogP contribution in [0, 0.1) is 5.41 Å². The average Bonchev–Trinajstić information content (AvgIpc) is 2.08. The van der Waals surface area contributed by atoms with E-state index in [0.29, 0.717) is 0 Å². The molecule has 1 fully saturated rings. The van der Waals surface area contributed by atoms with Crippen LogP contribution in [0.3, 0.4) is 0 Å². The molecule has 0 amide bonds. The van der Waals surface area contributed by atoms with Crippen molar-refractivity contribution in [3.63, 3.8) is 0 Å². The number of hydrogen-bond acceptors (Lipinski definition) is 2. The molecule has 0 atom stereocenters. The standard InChI is InChI=1S/C11H22N2O/c1-4-14-11(2,3)9-13-8-6-5-7-10(13)12/h12H,4-9H2,1-3H3. The number of hydrogen-bond donors (Lipinski definition) is 1. The highest BCUT2D eigenvalue weighted by atomic mass is 16.5. The topological polar surface area (TPSA) is 36.3 Å². The SMILES string of the molecule is CCOC(C)(C)CN1CCCCC1=N. The highest BCUT2D eigenvalue weighted by Crippen LogP contribution is 2.17. The summed E-state index contributed by atoms with van der Waals surface area (Å²) in [6, 6.07) is 0. The molecule has 0 unspecified atom stereocenters. The maximum absolute atomic E-state index is 7.83. The number of likely N-dealkylation sites (tertiary alicyclic amines) is 1. The second-order valence-electron chi connectivity index (χ2n) is 4.52. The minimum Gasteiger partial charge on any atom is -0.374 e. The van der Waals surface area contributed by atoms with Crippen molar-refractivity contribution in [3.05, 3.63) is 0 Å². The number of nitrogens with zero attached hydrogens (tertiary/aromatic N) is 1. The first-order chi connectivity index (χ1) is 6.55. The van der Waals surface area contributed by atoms with Crippen LogP contribution in [0.2, 0.25) is 0 Å². The third-order valence-electron chi connectivity index (χ3n) is 2.58. The molecule has 82 valence electrons. The molecule has 1 aliphatic heterocycles. The van der Waals surface area contributed by atoms with Gasteiger partial charge in [-0.05, 0) is 33.6 Å². The van der Waals surface area contributed by atoms with Crippen LogP contribution in [-0.4, -0.2) is 36.0 Å². The van der Waals surface area contributed by atoms with Gasteiger partial charge >= 0.3 is 0 Å². The third kappa shape index (κ3) is 3.29. The fourth-order valence-corrected chi connectivity index (χ4v) is 1.96. The van der Waals surface area contributed by atoms with E-state index in [0.717, 1.165) is 32.0 Å². The lowest BCUT2D eigenvalue weighted by molar-refractivity contribution is -0.0245. The minimum absolute atomic E-state index is 0.127. The molecule has 1 saturated heterocycles. The predicted molar refractivity (Wildman–Crippen MR) is 58.9 cm³/mol. The van der Waals surface area contributed by atoms with Crippen LogP contribution in [-0.2, 0) is 4.74 Å². The molecule has 1 rings (SSSR count). The van der Waals surface area contributed by atoms with Gasteiger partial charge in [-0.15, -0.1) is 0 Å². The van der Waals surface area contributed by atoms with E-state index in [2.05, 4.69) is 18.7 Å². The van der Waals surface area contributed by atoms with E-state index in [1.807, 2.05) is 6.92 Å². The summed E-state index contributed by atoms with van der Waals surface area (Å²) in [5.74, 6) is 0.782. The van der Waals surface area contributed by atoms with Gasteiger partial charge in [0.05, 0.1) is 11.4 Å². The number of nitrogens with one attached hydrogen (secondary N) is 1. The zero-order chi connectivity index (χ0) is 10.6. The zero-order valence-corrected chi connectivity index (χ0v) is 9.60. The summed E-state index contributed by atoms with van der Waals surface area (Å²) in [6.45, 7) is 8.82. The molecule has 3 nitrogen and oxygen atoms in total. The lowest BCUT2D eigenvalue weighted by Crippen LogP contribution is -2.45. The Balaban J connectivity index is 2.45. The number of rotatable bonds is 4. The Morgan fingerprint density at radius 3 is 2.71 bits per heavy atom. The minimum atomic E-state index is -0.127. The molecule has 14 heavy (non-hydrogen) atoms. The van der Waals surface area contributed by atoms with Gasteiger partial charge in [0, 0.05) is 26.1 Å². The van der Waals surface area contributed by atoms with Crippen LogP contribution >= 0.6 is 0 Å². The van der Waals surface area contributed by atoms with Gasteiger partial charge in [0.1, 0.15) is 0 Å². The molecule has 0 aromatic carbocycles. The van der Waals surface area contributed by atoms with E-state index >= 15 is 0 Å². The second kappa shape index (κ2) is 4.78. The van der Waals surface area contributed by atoms with Crippen molar-refractivity contribution in [3.8, 4) is 0 Å². The molecule has 1 N–H and O–H groups in total.